The van der Waals surface area contributed by atoms with Gasteiger partial charge in [0.2, 0.25) is 0 Å². The first-order valence-electron chi connectivity index (χ1n) is 4.82. The van der Waals surface area contributed by atoms with E-state index in [0.29, 0.717) is 27.7 Å². The smallest absolute Gasteiger partial charge is 0.328 e. The summed E-state index contributed by atoms with van der Waals surface area (Å²) >= 11 is 6.05. The Labute approximate surface area is 104 Å². The number of benzene rings is 1. The van der Waals surface area contributed by atoms with Crippen molar-refractivity contribution in [2.24, 2.45) is 0 Å². The summed E-state index contributed by atoms with van der Waals surface area (Å²) in [6.45, 7) is 1.67. The van der Waals surface area contributed by atoms with Gasteiger partial charge in [0.25, 0.3) is 0 Å². The molecule has 0 saturated carbocycles. The normalized spacial score (nSPS) is 11.2. The molecule has 17 heavy (non-hydrogen) atoms. The van der Waals surface area contributed by atoms with Crippen LogP contribution in [0, 0.1) is 0 Å². The highest BCUT2D eigenvalue weighted by atomic mass is 35.5. The SMILES string of the molecule is COc1cc(Cl)c(/C(C)=C/C(=O)O)cc1OC. The van der Waals surface area contributed by atoms with Crippen molar-refractivity contribution in [1.29, 1.82) is 0 Å². The lowest BCUT2D eigenvalue weighted by Gasteiger charge is -2.11. The number of carbonyl (C=O) groups is 1. The van der Waals surface area contributed by atoms with E-state index in [9.17, 15) is 4.79 Å². The van der Waals surface area contributed by atoms with Crippen molar-refractivity contribution in [3.63, 3.8) is 0 Å². The van der Waals surface area contributed by atoms with Crippen molar-refractivity contribution < 1.29 is 19.4 Å². The summed E-state index contributed by atoms with van der Waals surface area (Å²) in [6, 6.07) is 3.24. The van der Waals surface area contributed by atoms with Crippen LogP contribution in [0.15, 0.2) is 18.2 Å². The number of halogens is 1. The average Bonchev–Trinajstić information content (AvgIpc) is 2.27. The summed E-state index contributed by atoms with van der Waals surface area (Å²) in [6.07, 6.45) is 1.09. The molecular formula is C12H13ClO4. The molecule has 0 radical (unpaired) electrons. The van der Waals surface area contributed by atoms with Gasteiger partial charge in [0.15, 0.2) is 11.5 Å². The molecule has 0 fully saturated rings. The molecule has 0 atom stereocenters. The highest BCUT2D eigenvalue weighted by Crippen LogP contribution is 2.35. The Bertz CT molecular complexity index is 466. The molecular weight excluding hydrogens is 244 g/mol. The second-order valence-electron chi connectivity index (χ2n) is 3.35. The molecule has 0 aliphatic heterocycles. The van der Waals surface area contributed by atoms with Crippen molar-refractivity contribution in [3.05, 3.63) is 28.8 Å². The van der Waals surface area contributed by atoms with Gasteiger partial charge in [-0.25, -0.2) is 4.79 Å². The van der Waals surface area contributed by atoms with E-state index < -0.39 is 5.97 Å². The van der Waals surface area contributed by atoms with E-state index in [4.69, 9.17) is 26.2 Å². The van der Waals surface area contributed by atoms with Crippen molar-refractivity contribution in [3.8, 4) is 11.5 Å². The first-order valence-corrected chi connectivity index (χ1v) is 5.20. The van der Waals surface area contributed by atoms with Gasteiger partial charge in [-0.05, 0) is 18.6 Å². The van der Waals surface area contributed by atoms with E-state index in [1.165, 1.54) is 14.2 Å². The third-order valence-corrected chi connectivity index (χ3v) is 2.55. The van der Waals surface area contributed by atoms with Crippen LogP contribution in [-0.4, -0.2) is 25.3 Å². The lowest BCUT2D eigenvalue weighted by Crippen LogP contribution is -1.95. The van der Waals surface area contributed by atoms with Gasteiger partial charge in [0, 0.05) is 17.7 Å². The van der Waals surface area contributed by atoms with Crippen molar-refractivity contribution in [2.75, 3.05) is 14.2 Å². The Hall–Kier alpha value is -1.68. The van der Waals surface area contributed by atoms with Crippen LogP contribution in [0.5, 0.6) is 11.5 Å². The topological polar surface area (TPSA) is 55.8 Å². The molecule has 1 aromatic rings. The number of hydrogen-bond donors (Lipinski definition) is 1. The zero-order valence-electron chi connectivity index (χ0n) is 9.78. The Morgan fingerprint density at radius 1 is 1.29 bits per heavy atom. The van der Waals surface area contributed by atoms with Gasteiger partial charge in [-0.1, -0.05) is 11.6 Å². The molecule has 0 amide bonds. The number of aliphatic carboxylic acids is 1. The number of methoxy groups -OCH3 is 2. The molecule has 0 unspecified atom stereocenters. The summed E-state index contributed by atoms with van der Waals surface area (Å²) in [5.41, 5.74) is 1.15. The van der Waals surface area contributed by atoms with E-state index in [2.05, 4.69) is 0 Å². The summed E-state index contributed by atoms with van der Waals surface area (Å²) in [7, 11) is 3.01. The Kier molecular flexibility index (Phi) is 4.40. The van der Waals surface area contributed by atoms with Crippen LogP contribution < -0.4 is 9.47 Å². The minimum atomic E-state index is -1.02. The zero-order chi connectivity index (χ0) is 13.0. The predicted octanol–water partition coefficient (Wildman–Crippen LogP) is 2.85. The van der Waals surface area contributed by atoms with Crippen LogP contribution in [0.3, 0.4) is 0 Å². The lowest BCUT2D eigenvalue weighted by atomic mass is 10.1. The molecule has 1 aromatic carbocycles. The fourth-order valence-corrected chi connectivity index (χ4v) is 1.72. The van der Waals surface area contributed by atoms with Gasteiger partial charge in [0.05, 0.1) is 19.2 Å². The largest absolute Gasteiger partial charge is 0.493 e. The molecule has 0 saturated heterocycles. The van der Waals surface area contributed by atoms with Crippen LogP contribution in [0.2, 0.25) is 5.02 Å². The van der Waals surface area contributed by atoms with Gasteiger partial charge >= 0.3 is 5.97 Å². The van der Waals surface area contributed by atoms with Crippen LogP contribution in [0.25, 0.3) is 5.57 Å². The van der Waals surface area contributed by atoms with Gasteiger partial charge in [-0.3, -0.25) is 0 Å². The summed E-state index contributed by atoms with van der Waals surface area (Å²) < 4.78 is 10.2. The maximum Gasteiger partial charge on any atom is 0.328 e. The fourth-order valence-electron chi connectivity index (χ4n) is 1.42. The fraction of sp³-hybridized carbons (Fsp3) is 0.250. The number of carboxylic acids is 1. The first kappa shape index (κ1) is 13.4. The monoisotopic (exact) mass is 256 g/mol. The van der Waals surface area contributed by atoms with Gasteiger partial charge in [0.1, 0.15) is 0 Å². The average molecular weight is 257 g/mol. The second kappa shape index (κ2) is 5.59. The standard InChI is InChI=1S/C12H13ClO4/c1-7(4-12(14)15)8-5-10(16-2)11(17-3)6-9(8)13/h4-6H,1-3H3,(H,14,15)/b7-4+. The molecule has 0 aliphatic rings. The quantitative estimate of drug-likeness (QED) is 0.842. The molecule has 0 spiro atoms. The molecule has 5 heteroatoms. The molecule has 0 bridgehead atoms. The second-order valence-corrected chi connectivity index (χ2v) is 3.76. The molecule has 0 heterocycles. The molecule has 1 rings (SSSR count). The minimum absolute atomic E-state index is 0.414. The van der Waals surface area contributed by atoms with E-state index >= 15 is 0 Å². The summed E-state index contributed by atoms with van der Waals surface area (Å²) in [4.78, 5) is 10.6. The Morgan fingerprint density at radius 3 is 2.29 bits per heavy atom. The molecule has 0 aliphatic carbocycles. The van der Waals surface area contributed by atoms with Crippen molar-refractivity contribution in [1.82, 2.24) is 0 Å². The highest BCUT2D eigenvalue weighted by molar-refractivity contribution is 6.32. The highest BCUT2D eigenvalue weighted by Gasteiger charge is 2.11. The van der Waals surface area contributed by atoms with Gasteiger partial charge in [-0.15, -0.1) is 0 Å². The lowest BCUT2D eigenvalue weighted by molar-refractivity contribution is -0.131. The van der Waals surface area contributed by atoms with Crippen molar-refractivity contribution >= 4 is 23.1 Å². The number of ether oxygens (including phenoxy) is 2. The maximum absolute atomic E-state index is 10.6. The molecule has 4 nitrogen and oxygen atoms in total. The minimum Gasteiger partial charge on any atom is -0.493 e. The van der Waals surface area contributed by atoms with Gasteiger partial charge in [-0.2, -0.15) is 0 Å². The van der Waals surface area contributed by atoms with E-state index in [1.54, 1.807) is 19.1 Å². The van der Waals surface area contributed by atoms with Crippen molar-refractivity contribution in [2.45, 2.75) is 6.92 Å². The molecule has 92 valence electrons. The molecule has 0 aromatic heterocycles. The third-order valence-electron chi connectivity index (χ3n) is 2.24. The maximum atomic E-state index is 10.6. The Balaban J connectivity index is 3.31. The number of hydrogen-bond acceptors (Lipinski definition) is 3. The number of carboxylic acid groups (broad SMARTS) is 1. The van der Waals surface area contributed by atoms with Crippen LogP contribution >= 0.6 is 11.6 Å². The van der Waals surface area contributed by atoms with Crippen LogP contribution in [-0.2, 0) is 4.79 Å². The summed E-state index contributed by atoms with van der Waals surface area (Å²) in [5.74, 6) is -0.0113. The van der Waals surface area contributed by atoms with Crippen LogP contribution in [0.4, 0.5) is 0 Å². The third kappa shape index (κ3) is 3.14. The molecule has 1 N–H and O–H groups in total. The predicted molar refractivity (Wildman–Crippen MR) is 65.8 cm³/mol. The summed E-state index contributed by atoms with van der Waals surface area (Å²) in [5, 5.41) is 9.10. The number of rotatable bonds is 4. The number of allylic oxidation sites excluding steroid dienone is 1. The van der Waals surface area contributed by atoms with E-state index in [0.717, 1.165) is 6.08 Å². The zero-order valence-corrected chi connectivity index (χ0v) is 10.5. The van der Waals surface area contributed by atoms with Crippen LogP contribution in [0.1, 0.15) is 12.5 Å². The van der Waals surface area contributed by atoms with E-state index in [-0.39, 0.29) is 0 Å². The first-order chi connectivity index (χ1) is 7.99. The Morgan fingerprint density at radius 2 is 1.82 bits per heavy atom. The van der Waals surface area contributed by atoms with Gasteiger partial charge < -0.3 is 14.6 Å². The van der Waals surface area contributed by atoms with E-state index in [1.807, 2.05) is 0 Å².